The molecule has 0 aromatic heterocycles. The SMILES string of the molecule is CC(C)[Si](C=C=C(C=O)Cc1ccc([N+](=O)[O-])cc1)(C(C)C)C(C)C. The fourth-order valence-corrected chi connectivity index (χ4v) is 9.24. The van der Waals surface area contributed by atoms with Crippen LogP contribution in [0.15, 0.2) is 41.3 Å². The molecule has 0 heterocycles. The largest absolute Gasteiger partial charge is 0.298 e. The number of aldehydes is 1. The summed E-state index contributed by atoms with van der Waals surface area (Å²) in [6, 6.07) is 6.33. The normalized spacial score (nSPS) is 11.6. The molecule has 4 nitrogen and oxygen atoms in total. The Kier molecular flexibility index (Phi) is 7.52. The fraction of sp³-hybridized carbons (Fsp3) is 0.500. The molecule has 0 spiro atoms. The van der Waals surface area contributed by atoms with Crippen LogP contribution in [-0.4, -0.2) is 19.3 Å². The van der Waals surface area contributed by atoms with E-state index in [0.717, 1.165) is 11.8 Å². The molecule has 0 saturated carbocycles. The van der Waals surface area contributed by atoms with Gasteiger partial charge >= 0.3 is 0 Å². The number of rotatable bonds is 8. The van der Waals surface area contributed by atoms with Gasteiger partial charge in [0, 0.05) is 24.1 Å². The smallest absolute Gasteiger partial charge is 0.269 e. The van der Waals surface area contributed by atoms with Crippen molar-refractivity contribution >= 4 is 20.0 Å². The summed E-state index contributed by atoms with van der Waals surface area (Å²) in [5.41, 5.74) is 8.71. The van der Waals surface area contributed by atoms with E-state index < -0.39 is 13.0 Å². The molecule has 0 aliphatic heterocycles. The number of carbonyl (C=O) groups is 1. The predicted molar refractivity (Wildman–Crippen MR) is 106 cm³/mol. The Morgan fingerprint density at radius 3 is 1.92 bits per heavy atom. The summed E-state index contributed by atoms with van der Waals surface area (Å²) in [7, 11) is -1.75. The summed E-state index contributed by atoms with van der Waals surface area (Å²) < 4.78 is 0. The van der Waals surface area contributed by atoms with Crippen molar-refractivity contribution in [1.82, 2.24) is 0 Å². The molecular weight excluding hydrogens is 330 g/mol. The number of hydrogen-bond donors (Lipinski definition) is 0. The Morgan fingerprint density at radius 2 is 1.56 bits per heavy atom. The van der Waals surface area contributed by atoms with Crippen LogP contribution in [0.1, 0.15) is 47.1 Å². The molecule has 5 heteroatoms. The average Bonchev–Trinajstić information content (AvgIpc) is 2.53. The zero-order chi connectivity index (χ0) is 19.2. The van der Waals surface area contributed by atoms with Crippen LogP contribution >= 0.6 is 0 Å². The molecule has 0 saturated heterocycles. The molecule has 0 N–H and O–H groups in total. The van der Waals surface area contributed by atoms with Gasteiger partial charge < -0.3 is 0 Å². The number of nitro groups is 1. The van der Waals surface area contributed by atoms with Gasteiger partial charge in [0.2, 0.25) is 0 Å². The summed E-state index contributed by atoms with van der Waals surface area (Å²) in [6.07, 6.45) is 1.29. The van der Waals surface area contributed by atoms with Crippen molar-refractivity contribution in [3.8, 4) is 0 Å². The van der Waals surface area contributed by atoms with Crippen molar-refractivity contribution in [2.75, 3.05) is 0 Å². The molecule has 0 aliphatic rings. The van der Waals surface area contributed by atoms with Crippen LogP contribution in [0.25, 0.3) is 0 Å². The molecule has 0 radical (unpaired) electrons. The van der Waals surface area contributed by atoms with E-state index >= 15 is 0 Å². The van der Waals surface area contributed by atoms with Gasteiger partial charge in [0.1, 0.15) is 0 Å². The van der Waals surface area contributed by atoms with E-state index in [1.165, 1.54) is 12.1 Å². The second-order valence-electron chi connectivity index (χ2n) is 7.50. The zero-order valence-corrected chi connectivity index (χ0v) is 17.1. The Bertz CT molecular complexity index is 647. The number of carbonyl (C=O) groups excluding carboxylic acids is 1. The first-order valence-electron chi connectivity index (χ1n) is 8.80. The molecule has 0 amide bonds. The summed E-state index contributed by atoms with van der Waals surface area (Å²) in [5, 5.41) is 10.7. The van der Waals surface area contributed by atoms with Gasteiger partial charge in [-0.3, -0.25) is 14.9 Å². The van der Waals surface area contributed by atoms with E-state index in [9.17, 15) is 14.9 Å². The molecule has 1 aromatic carbocycles. The minimum Gasteiger partial charge on any atom is -0.298 e. The third-order valence-corrected chi connectivity index (χ3v) is 11.8. The van der Waals surface area contributed by atoms with Crippen molar-refractivity contribution in [2.24, 2.45) is 0 Å². The maximum atomic E-state index is 11.5. The first-order valence-corrected chi connectivity index (χ1v) is 11.1. The second kappa shape index (κ2) is 8.93. The summed E-state index contributed by atoms with van der Waals surface area (Å²) in [5.74, 6) is 0. The van der Waals surface area contributed by atoms with E-state index in [-0.39, 0.29) is 5.69 Å². The molecule has 0 aliphatic carbocycles. The lowest BCUT2D eigenvalue weighted by molar-refractivity contribution is -0.384. The van der Waals surface area contributed by atoms with Crippen LogP contribution < -0.4 is 0 Å². The van der Waals surface area contributed by atoms with Crippen LogP contribution in [0.3, 0.4) is 0 Å². The van der Waals surface area contributed by atoms with Crippen LogP contribution in [0, 0.1) is 10.1 Å². The van der Waals surface area contributed by atoms with Gasteiger partial charge in [0.05, 0.1) is 13.0 Å². The maximum Gasteiger partial charge on any atom is 0.269 e. The van der Waals surface area contributed by atoms with Crippen LogP contribution in [0.2, 0.25) is 16.6 Å². The molecule has 1 aromatic rings. The molecule has 0 bridgehead atoms. The lowest BCUT2D eigenvalue weighted by Gasteiger charge is -2.39. The third kappa shape index (κ3) is 5.00. The topological polar surface area (TPSA) is 60.2 Å². The predicted octanol–water partition coefficient (Wildman–Crippen LogP) is 5.64. The highest BCUT2D eigenvalue weighted by molar-refractivity contribution is 6.87. The summed E-state index contributed by atoms with van der Waals surface area (Å²) in [6.45, 7) is 13.6. The van der Waals surface area contributed by atoms with E-state index in [2.05, 4.69) is 53.0 Å². The summed E-state index contributed by atoms with van der Waals surface area (Å²) in [4.78, 5) is 21.8. The number of non-ortho nitro benzene ring substituents is 1. The van der Waals surface area contributed by atoms with Crippen molar-refractivity contribution in [3.05, 3.63) is 56.9 Å². The fourth-order valence-electron chi connectivity index (χ4n) is 3.80. The average molecular weight is 360 g/mol. The first-order chi connectivity index (χ1) is 11.6. The van der Waals surface area contributed by atoms with Gasteiger partial charge in [-0.2, -0.15) is 0 Å². The minimum atomic E-state index is -1.75. The van der Waals surface area contributed by atoms with Crippen LogP contribution in [-0.2, 0) is 11.2 Å². The van der Waals surface area contributed by atoms with Crippen LogP contribution in [0.5, 0.6) is 0 Å². The van der Waals surface area contributed by atoms with E-state index in [1.807, 2.05) is 0 Å². The standard InChI is InChI=1S/C20H29NO3Si/c1-15(2)25(16(3)4,17(5)6)12-11-19(14-22)13-18-7-9-20(10-8-18)21(23)24/h7-10,12,14-17H,13H2,1-6H3. The lowest BCUT2D eigenvalue weighted by atomic mass is 10.1. The van der Waals surface area contributed by atoms with E-state index in [1.54, 1.807) is 12.1 Å². The quantitative estimate of drug-likeness (QED) is 0.151. The van der Waals surface area contributed by atoms with Crippen molar-refractivity contribution in [3.63, 3.8) is 0 Å². The Labute approximate surface area is 151 Å². The highest BCUT2D eigenvalue weighted by Gasteiger charge is 2.40. The second-order valence-corrected chi connectivity index (χ2v) is 13.2. The summed E-state index contributed by atoms with van der Waals surface area (Å²) >= 11 is 0. The Hall–Kier alpha value is -1.97. The number of allylic oxidation sites excluding steroid dienone is 1. The van der Waals surface area contributed by atoms with Gasteiger partial charge in [-0.1, -0.05) is 59.4 Å². The third-order valence-electron chi connectivity index (χ3n) is 5.19. The van der Waals surface area contributed by atoms with Gasteiger partial charge in [0.25, 0.3) is 5.69 Å². The minimum absolute atomic E-state index is 0.0572. The van der Waals surface area contributed by atoms with Crippen LogP contribution in [0.4, 0.5) is 5.69 Å². The van der Waals surface area contributed by atoms with Gasteiger partial charge in [-0.05, 0) is 22.2 Å². The molecule has 136 valence electrons. The highest BCUT2D eigenvalue weighted by Crippen LogP contribution is 2.42. The highest BCUT2D eigenvalue weighted by atomic mass is 28.3. The molecule has 0 fully saturated rings. The molecule has 0 unspecified atom stereocenters. The first kappa shape index (κ1) is 21.1. The van der Waals surface area contributed by atoms with E-state index in [0.29, 0.717) is 28.6 Å². The molecule has 0 atom stereocenters. The number of nitrogens with zero attached hydrogens (tertiary/aromatic N) is 1. The lowest BCUT2D eigenvalue weighted by Crippen LogP contribution is -2.42. The number of benzene rings is 1. The maximum absolute atomic E-state index is 11.5. The number of hydrogen-bond acceptors (Lipinski definition) is 3. The molecule has 25 heavy (non-hydrogen) atoms. The van der Waals surface area contributed by atoms with Crippen molar-refractivity contribution in [1.29, 1.82) is 0 Å². The van der Waals surface area contributed by atoms with Crippen molar-refractivity contribution in [2.45, 2.75) is 64.6 Å². The zero-order valence-electron chi connectivity index (χ0n) is 16.1. The molecular formula is C20H29NO3Si. The Morgan fingerprint density at radius 1 is 1.08 bits per heavy atom. The van der Waals surface area contributed by atoms with Gasteiger partial charge in [0.15, 0.2) is 6.29 Å². The Balaban J connectivity index is 3.20. The van der Waals surface area contributed by atoms with Crippen molar-refractivity contribution < 1.29 is 9.72 Å². The molecule has 1 rings (SSSR count). The van der Waals surface area contributed by atoms with Gasteiger partial charge in [-0.15, -0.1) is 5.73 Å². The monoisotopic (exact) mass is 359 g/mol. The van der Waals surface area contributed by atoms with Gasteiger partial charge in [-0.25, -0.2) is 0 Å². The number of nitro benzene ring substituents is 1. The van der Waals surface area contributed by atoms with E-state index in [4.69, 9.17) is 0 Å².